The van der Waals surface area contributed by atoms with Crippen molar-refractivity contribution in [3.05, 3.63) is 34.9 Å². The zero-order valence-electron chi connectivity index (χ0n) is 9.92. The van der Waals surface area contributed by atoms with E-state index in [9.17, 15) is 4.79 Å². The lowest BCUT2D eigenvalue weighted by Gasteiger charge is -2.22. The van der Waals surface area contributed by atoms with Crippen molar-refractivity contribution in [3.8, 4) is 0 Å². The average Bonchev–Trinajstić information content (AvgIpc) is 2.36. The number of benzene rings is 1. The Labute approximate surface area is 96.5 Å². The molecule has 0 unspecified atom stereocenters. The second kappa shape index (κ2) is 4.66. The van der Waals surface area contributed by atoms with E-state index in [0.717, 1.165) is 31.6 Å². The van der Waals surface area contributed by atoms with Gasteiger partial charge in [0.2, 0.25) is 0 Å². The quantitative estimate of drug-likeness (QED) is 0.814. The lowest BCUT2D eigenvalue weighted by molar-refractivity contribution is 0.0801. The van der Waals surface area contributed by atoms with E-state index in [4.69, 9.17) is 0 Å². The van der Waals surface area contributed by atoms with Gasteiger partial charge < -0.3 is 10.2 Å². The minimum Gasteiger partial charge on any atom is -0.342 e. The summed E-state index contributed by atoms with van der Waals surface area (Å²) in [5, 5.41) is 3.33. The van der Waals surface area contributed by atoms with Crippen molar-refractivity contribution in [1.82, 2.24) is 10.2 Å². The van der Waals surface area contributed by atoms with E-state index in [-0.39, 0.29) is 5.91 Å². The number of nitrogens with zero attached hydrogens (tertiary/aromatic N) is 1. The van der Waals surface area contributed by atoms with Gasteiger partial charge in [0, 0.05) is 25.7 Å². The fourth-order valence-corrected chi connectivity index (χ4v) is 2.08. The van der Waals surface area contributed by atoms with Crippen LogP contribution in [-0.4, -0.2) is 30.9 Å². The maximum Gasteiger partial charge on any atom is 0.253 e. The number of nitrogens with one attached hydrogen (secondary N) is 1. The van der Waals surface area contributed by atoms with Gasteiger partial charge in [-0.25, -0.2) is 0 Å². The van der Waals surface area contributed by atoms with E-state index in [2.05, 4.69) is 11.4 Å². The number of carbonyl (C=O) groups is 1. The van der Waals surface area contributed by atoms with Gasteiger partial charge in [0.1, 0.15) is 0 Å². The van der Waals surface area contributed by atoms with Gasteiger partial charge in [0.05, 0.1) is 0 Å². The van der Waals surface area contributed by atoms with Gasteiger partial charge in [0.25, 0.3) is 5.91 Å². The average molecular weight is 218 g/mol. The molecule has 1 heterocycles. The van der Waals surface area contributed by atoms with Crippen LogP contribution in [-0.2, 0) is 13.0 Å². The number of carbonyl (C=O) groups excluding carboxylic acids is 1. The van der Waals surface area contributed by atoms with Gasteiger partial charge in [-0.3, -0.25) is 4.79 Å². The molecule has 2 rings (SSSR count). The summed E-state index contributed by atoms with van der Waals surface area (Å²) in [6, 6.07) is 6.02. The zero-order valence-corrected chi connectivity index (χ0v) is 9.92. The Hall–Kier alpha value is -1.35. The van der Waals surface area contributed by atoms with Crippen LogP contribution in [0.3, 0.4) is 0 Å². The third-order valence-corrected chi connectivity index (χ3v) is 3.19. The fraction of sp³-hybridized carbons (Fsp3) is 0.462. The van der Waals surface area contributed by atoms with Crippen LogP contribution >= 0.6 is 0 Å². The van der Waals surface area contributed by atoms with E-state index in [1.807, 2.05) is 26.1 Å². The molecule has 1 aliphatic rings. The molecule has 0 saturated heterocycles. The van der Waals surface area contributed by atoms with Crippen molar-refractivity contribution in [3.63, 3.8) is 0 Å². The number of hydrogen-bond donors (Lipinski definition) is 1. The van der Waals surface area contributed by atoms with Gasteiger partial charge in [0.15, 0.2) is 0 Å². The first-order valence-electron chi connectivity index (χ1n) is 5.81. The van der Waals surface area contributed by atoms with Crippen LogP contribution in [0.5, 0.6) is 0 Å². The number of fused-ring (bicyclic) bond motifs is 1. The highest BCUT2D eigenvalue weighted by Crippen LogP contribution is 2.19. The molecule has 1 N–H and O–H groups in total. The molecule has 3 nitrogen and oxygen atoms in total. The Morgan fingerprint density at radius 2 is 2.31 bits per heavy atom. The molecule has 0 spiro atoms. The maximum absolute atomic E-state index is 12.2. The molecule has 0 bridgehead atoms. The molecular weight excluding hydrogens is 200 g/mol. The number of amides is 1. The Bertz CT molecular complexity index is 401. The Balaban J connectivity index is 2.37. The Morgan fingerprint density at radius 1 is 1.50 bits per heavy atom. The van der Waals surface area contributed by atoms with E-state index in [1.54, 1.807) is 4.90 Å². The van der Waals surface area contributed by atoms with Gasteiger partial charge in [-0.05, 0) is 37.1 Å². The maximum atomic E-state index is 12.2. The fourth-order valence-electron chi connectivity index (χ4n) is 2.08. The molecule has 1 aromatic carbocycles. The topological polar surface area (TPSA) is 32.3 Å². The molecule has 0 fully saturated rings. The molecule has 0 aromatic heterocycles. The van der Waals surface area contributed by atoms with Crippen molar-refractivity contribution in [2.75, 3.05) is 20.1 Å². The highest BCUT2D eigenvalue weighted by atomic mass is 16.2. The Morgan fingerprint density at radius 3 is 3.06 bits per heavy atom. The summed E-state index contributed by atoms with van der Waals surface area (Å²) >= 11 is 0. The van der Waals surface area contributed by atoms with Crippen LogP contribution in [0.15, 0.2) is 18.2 Å². The van der Waals surface area contributed by atoms with Crippen molar-refractivity contribution >= 4 is 5.91 Å². The molecule has 0 radical (unpaired) electrons. The summed E-state index contributed by atoms with van der Waals surface area (Å²) in [6.07, 6.45) is 0.953. The first kappa shape index (κ1) is 11.1. The first-order chi connectivity index (χ1) is 7.74. The van der Waals surface area contributed by atoms with Crippen molar-refractivity contribution < 1.29 is 4.79 Å². The van der Waals surface area contributed by atoms with Crippen molar-refractivity contribution in [2.45, 2.75) is 19.9 Å². The third kappa shape index (κ3) is 1.95. The molecule has 1 aliphatic heterocycles. The van der Waals surface area contributed by atoms with Crippen LogP contribution in [0.25, 0.3) is 0 Å². The van der Waals surface area contributed by atoms with Crippen LogP contribution in [0.2, 0.25) is 0 Å². The van der Waals surface area contributed by atoms with E-state index in [0.29, 0.717) is 0 Å². The summed E-state index contributed by atoms with van der Waals surface area (Å²) in [7, 11) is 1.85. The lowest BCUT2D eigenvalue weighted by Crippen LogP contribution is -2.30. The SMILES string of the molecule is CCN(C)C(=O)c1cccc2c1CCNC2. The summed E-state index contributed by atoms with van der Waals surface area (Å²) in [5.41, 5.74) is 3.37. The molecule has 3 heteroatoms. The van der Waals surface area contributed by atoms with Crippen LogP contribution in [0.4, 0.5) is 0 Å². The minimum atomic E-state index is 0.140. The highest BCUT2D eigenvalue weighted by molar-refractivity contribution is 5.96. The van der Waals surface area contributed by atoms with E-state index < -0.39 is 0 Å². The predicted molar refractivity (Wildman–Crippen MR) is 64.5 cm³/mol. The molecule has 0 atom stereocenters. The monoisotopic (exact) mass is 218 g/mol. The lowest BCUT2D eigenvalue weighted by atomic mass is 9.95. The van der Waals surface area contributed by atoms with E-state index in [1.165, 1.54) is 11.1 Å². The van der Waals surface area contributed by atoms with Crippen molar-refractivity contribution in [1.29, 1.82) is 0 Å². The summed E-state index contributed by atoms with van der Waals surface area (Å²) in [6.45, 7) is 4.59. The highest BCUT2D eigenvalue weighted by Gasteiger charge is 2.18. The largest absolute Gasteiger partial charge is 0.342 e. The van der Waals surface area contributed by atoms with Crippen molar-refractivity contribution in [2.24, 2.45) is 0 Å². The molecule has 86 valence electrons. The second-order valence-corrected chi connectivity index (χ2v) is 4.19. The molecular formula is C13H18N2O. The standard InChI is InChI=1S/C13H18N2O/c1-3-15(2)13(16)12-6-4-5-10-9-14-8-7-11(10)12/h4-6,14H,3,7-9H2,1-2H3. The Kier molecular flexibility index (Phi) is 3.25. The third-order valence-electron chi connectivity index (χ3n) is 3.19. The zero-order chi connectivity index (χ0) is 11.5. The van der Waals surface area contributed by atoms with Crippen LogP contribution < -0.4 is 5.32 Å². The number of hydrogen-bond acceptors (Lipinski definition) is 2. The molecule has 1 amide bonds. The molecule has 1 aromatic rings. The molecule has 0 aliphatic carbocycles. The second-order valence-electron chi connectivity index (χ2n) is 4.19. The van der Waals surface area contributed by atoms with E-state index >= 15 is 0 Å². The molecule has 16 heavy (non-hydrogen) atoms. The predicted octanol–water partition coefficient (Wildman–Crippen LogP) is 1.42. The van der Waals surface area contributed by atoms with Gasteiger partial charge in [-0.15, -0.1) is 0 Å². The number of rotatable bonds is 2. The summed E-state index contributed by atoms with van der Waals surface area (Å²) < 4.78 is 0. The van der Waals surface area contributed by atoms with Crippen LogP contribution in [0, 0.1) is 0 Å². The van der Waals surface area contributed by atoms with Gasteiger partial charge in [-0.1, -0.05) is 12.1 Å². The normalized spacial score (nSPS) is 14.4. The minimum absolute atomic E-state index is 0.140. The summed E-state index contributed by atoms with van der Waals surface area (Å²) in [5.74, 6) is 0.140. The first-order valence-corrected chi connectivity index (χ1v) is 5.81. The summed E-state index contributed by atoms with van der Waals surface area (Å²) in [4.78, 5) is 13.9. The van der Waals surface area contributed by atoms with Crippen LogP contribution in [0.1, 0.15) is 28.4 Å². The molecule has 0 saturated carbocycles. The smallest absolute Gasteiger partial charge is 0.253 e. The van der Waals surface area contributed by atoms with Gasteiger partial charge >= 0.3 is 0 Å². The van der Waals surface area contributed by atoms with Gasteiger partial charge in [-0.2, -0.15) is 0 Å².